The number of carbonyl (C=O) groups is 2. The predicted octanol–water partition coefficient (Wildman–Crippen LogP) is 0.828. The van der Waals surface area contributed by atoms with Crippen LogP contribution in [0.5, 0.6) is 0 Å². The van der Waals surface area contributed by atoms with Crippen molar-refractivity contribution in [2.75, 3.05) is 26.2 Å². The molecule has 2 atom stereocenters. The molecule has 1 aromatic rings. The largest absolute Gasteiger partial charge is 0.445 e. The van der Waals surface area contributed by atoms with Crippen LogP contribution < -0.4 is 5.32 Å². The summed E-state index contributed by atoms with van der Waals surface area (Å²) in [5, 5.41) is 3.26. The van der Waals surface area contributed by atoms with Crippen molar-refractivity contribution >= 4 is 12.0 Å². The molecule has 2 aliphatic rings. The van der Waals surface area contributed by atoms with Gasteiger partial charge in [0, 0.05) is 26.2 Å². The molecule has 0 bridgehead atoms. The van der Waals surface area contributed by atoms with E-state index >= 15 is 0 Å². The summed E-state index contributed by atoms with van der Waals surface area (Å²) in [5.74, 6) is 0.00871. The maximum absolute atomic E-state index is 12.4. The van der Waals surface area contributed by atoms with Crippen LogP contribution in [0.4, 0.5) is 4.79 Å². The fourth-order valence-electron chi connectivity index (χ4n) is 3.01. The molecule has 1 N–H and O–H groups in total. The molecule has 0 spiro atoms. The number of ether oxygens (including phenoxy) is 1. The second kappa shape index (κ2) is 6.36. The van der Waals surface area contributed by atoms with Crippen molar-refractivity contribution < 1.29 is 14.3 Å². The van der Waals surface area contributed by atoms with Gasteiger partial charge in [-0.2, -0.15) is 0 Å². The minimum atomic E-state index is -0.461. The van der Waals surface area contributed by atoms with Crippen LogP contribution in [0.15, 0.2) is 30.3 Å². The monoisotopic (exact) mass is 303 g/mol. The van der Waals surface area contributed by atoms with E-state index in [1.165, 1.54) is 0 Å². The molecule has 118 valence electrons. The first kappa shape index (κ1) is 14.8. The van der Waals surface area contributed by atoms with Crippen molar-refractivity contribution in [1.82, 2.24) is 15.1 Å². The van der Waals surface area contributed by atoms with E-state index < -0.39 is 12.1 Å². The van der Waals surface area contributed by atoms with Gasteiger partial charge < -0.3 is 15.0 Å². The van der Waals surface area contributed by atoms with Crippen LogP contribution in [0.1, 0.15) is 12.5 Å². The van der Waals surface area contributed by atoms with Crippen LogP contribution in [0.25, 0.3) is 0 Å². The number of nitrogens with zero attached hydrogens (tertiary/aromatic N) is 2. The predicted molar refractivity (Wildman–Crippen MR) is 81.2 cm³/mol. The Kier molecular flexibility index (Phi) is 4.29. The minimum absolute atomic E-state index is 0.00871. The van der Waals surface area contributed by atoms with Crippen molar-refractivity contribution in [3.63, 3.8) is 0 Å². The van der Waals surface area contributed by atoms with E-state index in [9.17, 15) is 9.59 Å². The first-order valence-electron chi connectivity index (χ1n) is 7.65. The molecule has 0 aliphatic carbocycles. The number of benzene rings is 1. The Labute approximate surface area is 130 Å². The highest BCUT2D eigenvalue weighted by atomic mass is 16.6. The second-order valence-electron chi connectivity index (χ2n) is 5.76. The number of nitrogens with one attached hydrogen (secondary N) is 1. The normalized spacial score (nSPS) is 24.9. The average Bonchev–Trinajstić information content (AvgIpc) is 2.57. The van der Waals surface area contributed by atoms with Gasteiger partial charge in [0.25, 0.3) is 0 Å². The third-order valence-electron chi connectivity index (χ3n) is 4.31. The van der Waals surface area contributed by atoms with E-state index in [2.05, 4.69) is 5.32 Å². The highest BCUT2D eigenvalue weighted by molar-refractivity contribution is 5.87. The average molecular weight is 303 g/mol. The molecule has 2 heterocycles. The lowest BCUT2D eigenvalue weighted by molar-refractivity contribution is -0.145. The first-order valence-corrected chi connectivity index (χ1v) is 7.65. The van der Waals surface area contributed by atoms with Crippen molar-refractivity contribution in [3.05, 3.63) is 35.9 Å². The Morgan fingerprint density at radius 3 is 2.91 bits per heavy atom. The summed E-state index contributed by atoms with van der Waals surface area (Å²) >= 11 is 0. The van der Waals surface area contributed by atoms with Crippen LogP contribution in [-0.2, 0) is 16.1 Å². The smallest absolute Gasteiger partial charge is 0.410 e. The van der Waals surface area contributed by atoms with Crippen molar-refractivity contribution in [3.8, 4) is 0 Å². The fourth-order valence-corrected chi connectivity index (χ4v) is 3.01. The van der Waals surface area contributed by atoms with Crippen molar-refractivity contribution in [1.29, 1.82) is 0 Å². The quantitative estimate of drug-likeness (QED) is 0.879. The third-order valence-corrected chi connectivity index (χ3v) is 4.31. The van der Waals surface area contributed by atoms with Gasteiger partial charge in [-0.05, 0) is 12.5 Å². The molecule has 3 rings (SSSR count). The maximum Gasteiger partial charge on any atom is 0.410 e. The van der Waals surface area contributed by atoms with E-state index in [1.54, 1.807) is 11.8 Å². The summed E-state index contributed by atoms with van der Waals surface area (Å²) in [5.41, 5.74) is 0.938. The highest BCUT2D eigenvalue weighted by Gasteiger charge is 2.41. The SMILES string of the molecule is C[C@H]1C(=O)N2CCNC[C@@H]2CN1C(=O)OCc1ccccc1. The molecule has 0 saturated carbocycles. The summed E-state index contributed by atoms with van der Waals surface area (Å²) in [7, 11) is 0. The highest BCUT2D eigenvalue weighted by Crippen LogP contribution is 2.19. The molecular weight excluding hydrogens is 282 g/mol. The van der Waals surface area contributed by atoms with E-state index in [0.717, 1.165) is 18.7 Å². The van der Waals surface area contributed by atoms with Crippen molar-refractivity contribution in [2.24, 2.45) is 0 Å². The Morgan fingerprint density at radius 1 is 1.36 bits per heavy atom. The number of hydrogen-bond donors (Lipinski definition) is 1. The van der Waals surface area contributed by atoms with Gasteiger partial charge in [0.1, 0.15) is 12.6 Å². The molecular formula is C16H21N3O3. The molecule has 22 heavy (non-hydrogen) atoms. The van der Waals surface area contributed by atoms with Gasteiger partial charge in [-0.25, -0.2) is 4.79 Å². The lowest BCUT2D eigenvalue weighted by atomic mass is 10.1. The van der Waals surface area contributed by atoms with Gasteiger partial charge in [-0.1, -0.05) is 30.3 Å². The summed E-state index contributed by atoms with van der Waals surface area (Å²) < 4.78 is 5.36. The number of rotatable bonds is 2. The number of fused-ring (bicyclic) bond motifs is 1. The maximum atomic E-state index is 12.4. The summed E-state index contributed by atoms with van der Waals surface area (Å²) in [6.45, 7) is 4.76. The molecule has 2 saturated heterocycles. The standard InChI is InChI=1S/C16H21N3O3/c1-12-15(20)18-8-7-17-9-14(18)10-19(12)16(21)22-11-13-5-3-2-4-6-13/h2-6,12,14,17H,7-11H2,1H3/t12-,14+/m0/s1. The van der Waals surface area contributed by atoms with Crippen LogP contribution in [-0.4, -0.2) is 60.1 Å². The molecule has 0 radical (unpaired) electrons. The molecule has 0 unspecified atom stereocenters. The van der Waals surface area contributed by atoms with Gasteiger partial charge in [-0.15, -0.1) is 0 Å². The Morgan fingerprint density at radius 2 is 2.14 bits per heavy atom. The molecule has 1 aromatic carbocycles. The molecule has 2 fully saturated rings. The van der Waals surface area contributed by atoms with E-state index in [1.807, 2.05) is 35.2 Å². The van der Waals surface area contributed by atoms with E-state index in [-0.39, 0.29) is 18.6 Å². The summed E-state index contributed by atoms with van der Waals surface area (Å²) in [6, 6.07) is 9.13. The van der Waals surface area contributed by atoms with Gasteiger partial charge in [0.2, 0.25) is 5.91 Å². The summed E-state index contributed by atoms with van der Waals surface area (Å²) in [6.07, 6.45) is -0.421. The van der Waals surface area contributed by atoms with Gasteiger partial charge in [-0.3, -0.25) is 9.69 Å². The van der Waals surface area contributed by atoms with E-state index in [4.69, 9.17) is 4.74 Å². The molecule has 6 heteroatoms. The van der Waals surface area contributed by atoms with Gasteiger partial charge >= 0.3 is 6.09 Å². The zero-order valence-corrected chi connectivity index (χ0v) is 12.7. The van der Waals surface area contributed by atoms with Gasteiger partial charge in [0.15, 0.2) is 0 Å². The van der Waals surface area contributed by atoms with Crippen LogP contribution in [0.2, 0.25) is 0 Å². The third kappa shape index (κ3) is 2.92. The Bertz CT molecular complexity index is 549. The minimum Gasteiger partial charge on any atom is -0.445 e. The molecule has 2 amide bonds. The lowest BCUT2D eigenvalue weighted by Crippen LogP contribution is -2.67. The van der Waals surface area contributed by atoms with E-state index in [0.29, 0.717) is 13.1 Å². The lowest BCUT2D eigenvalue weighted by Gasteiger charge is -2.46. The second-order valence-corrected chi connectivity index (χ2v) is 5.76. The molecule has 2 aliphatic heterocycles. The summed E-state index contributed by atoms with van der Waals surface area (Å²) in [4.78, 5) is 28.1. The zero-order valence-electron chi connectivity index (χ0n) is 12.7. The zero-order chi connectivity index (χ0) is 15.5. The Hall–Kier alpha value is -2.08. The fraction of sp³-hybridized carbons (Fsp3) is 0.500. The first-order chi connectivity index (χ1) is 10.7. The number of carbonyl (C=O) groups excluding carboxylic acids is 2. The number of piperazine rings is 2. The Balaban J connectivity index is 1.63. The number of amides is 2. The van der Waals surface area contributed by atoms with Crippen LogP contribution in [0.3, 0.4) is 0 Å². The topological polar surface area (TPSA) is 61.9 Å². The molecule has 6 nitrogen and oxygen atoms in total. The van der Waals surface area contributed by atoms with Gasteiger partial charge in [0.05, 0.1) is 6.04 Å². The van der Waals surface area contributed by atoms with Crippen LogP contribution in [0, 0.1) is 0 Å². The van der Waals surface area contributed by atoms with Crippen molar-refractivity contribution in [2.45, 2.75) is 25.6 Å². The molecule has 0 aromatic heterocycles. The van der Waals surface area contributed by atoms with Crippen LogP contribution >= 0.6 is 0 Å². The number of hydrogen-bond acceptors (Lipinski definition) is 4.